The summed E-state index contributed by atoms with van der Waals surface area (Å²) in [5.41, 5.74) is 0. The molecule has 0 aliphatic rings. The van der Waals surface area contributed by atoms with Gasteiger partial charge >= 0.3 is 5.97 Å². The molecule has 0 spiro atoms. The minimum Gasteiger partial charge on any atom is -0.463 e. The molecule has 0 aromatic carbocycles. The number of esters is 1. The third-order valence-corrected chi connectivity index (χ3v) is 4.38. The van der Waals surface area contributed by atoms with Crippen molar-refractivity contribution in [1.29, 1.82) is 0 Å². The van der Waals surface area contributed by atoms with Crippen molar-refractivity contribution in [3.05, 3.63) is 12.7 Å². The highest BCUT2D eigenvalue weighted by Gasteiger charge is 1.99. The molecular formula is C9H16Cl2O2Si. The first-order valence-electron chi connectivity index (χ1n) is 4.74. The zero-order chi connectivity index (χ0) is 10.8. The zero-order valence-corrected chi connectivity index (χ0v) is 11.1. The summed E-state index contributed by atoms with van der Waals surface area (Å²) >= 11 is 11.2. The molecule has 0 saturated carbocycles. The van der Waals surface area contributed by atoms with Gasteiger partial charge in [-0.2, -0.15) is 0 Å². The van der Waals surface area contributed by atoms with Crippen molar-refractivity contribution in [2.45, 2.75) is 29.8 Å². The van der Waals surface area contributed by atoms with Gasteiger partial charge in [0.05, 0.1) is 20.6 Å². The standard InChI is InChI=1S/C9H16Cl2O2Si/c1-2-8(12)13-6-4-3-5-7-14-9(10)11/h2,9H,1,3-7,14H2. The Bertz CT molecular complexity index is 174. The molecule has 0 atom stereocenters. The van der Waals surface area contributed by atoms with Crippen LogP contribution in [0, 0.1) is 0 Å². The van der Waals surface area contributed by atoms with Crippen molar-refractivity contribution in [1.82, 2.24) is 0 Å². The molecule has 0 fully saturated rings. The number of ether oxygens (including phenoxy) is 1. The van der Waals surface area contributed by atoms with E-state index in [9.17, 15) is 4.79 Å². The van der Waals surface area contributed by atoms with Gasteiger partial charge < -0.3 is 4.74 Å². The molecule has 0 aromatic heterocycles. The molecule has 0 aliphatic heterocycles. The summed E-state index contributed by atoms with van der Waals surface area (Å²) in [6.45, 7) is 3.79. The van der Waals surface area contributed by atoms with Gasteiger partial charge in [-0.1, -0.05) is 25.5 Å². The molecule has 82 valence electrons. The fourth-order valence-corrected chi connectivity index (χ4v) is 2.86. The van der Waals surface area contributed by atoms with Crippen molar-refractivity contribution >= 4 is 38.7 Å². The molecule has 0 aromatic rings. The van der Waals surface area contributed by atoms with E-state index in [1.807, 2.05) is 0 Å². The van der Waals surface area contributed by atoms with Crippen LogP contribution in [0.1, 0.15) is 19.3 Å². The molecule has 14 heavy (non-hydrogen) atoms. The molecule has 5 heteroatoms. The van der Waals surface area contributed by atoms with Crippen LogP contribution in [0.4, 0.5) is 0 Å². The number of hydrogen-bond acceptors (Lipinski definition) is 2. The molecular weight excluding hydrogens is 239 g/mol. The number of alkyl halides is 2. The summed E-state index contributed by atoms with van der Waals surface area (Å²) < 4.78 is 4.70. The normalized spacial score (nSPS) is 11.1. The number of halogens is 2. The number of carbonyl (C=O) groups excluding carboxylic acids is 1. The smallest absolute Gasteiger partial charge is 0.330 e. The average Bonchev–Trinajstić information content (AvgIpc) is 2.15. The van der Waals surface area contributed by atoms with Crippen LogP contribution in [0.3, 0.4) is 0 Å². The van der Waals surface area contributed by atoms with Crippen molar-refractivity contribution in [2.24, 2.45) is 0 Å². The van der Waals surface area contributed by atoms with Crippen LogP contribution in [0.5, 0.6) is 0 Å². The Balaban J connectivity index is 3.06. The maximum atomic E-state index is 10.6. The minimum atomic E-state index is -0.346. The van der Waals surface area contributed by atoms with E-state index in [-0.39, 0.29) is 19.9 Å². The molecule has 0 saturated heterocycles. The molecule has 2 nitrogen and oxygen atoms in total. The zero-order valence-electron chi connectivity index (χ0n) is 8.18. The monoisotopic (exact) mass is 254 g/mol. The lowest BCUT2D eigenvalue weighted by Gasteiger charge is -2.02. The van der Waals surface area contributed by atoms with Crippen LogP contribution in [0.2, 0.25) is 6.04 Å². The van der Waals surface area contributed by atoms with Gasteiger partial charge in [-0.25, -0.2) is 4.79 Å². The lowest BCUT2D eigenvalue weighted by Crippen LogP contribution is -2.03. The largest absolute Gasteiger partial charge is 0.463 e. The summed E-state index contributed by atoms with van der Waals surface area (Å²) in [4.78, 5) is 10.6. The van der Waals surface area contributed by atoms with E-state index in [1.165, 1.54) is 6.08 Å². The Kier molecular flexibility index (Phi) is 9.56. The van der Waals surface area contributed by atoms with Crippen molar-refractivity contribution in [2.75, 3.05) is 6.61 Å². The Labute approximate surface area is 97.4 Å². The van der Waals surface area contributed by atoms with Gasteiger partial charge in [0.2, 0.25) is 0 Å². The highest BCUT2D eigenvalue weighted by molar-refractivity contribution is 6.68. The second kappa shape index (κ2) is 9.56. The number of rotatable bonds is 8. The second-order valence-corrected chi connectivity index (χ2v) is 7.38. The van der Waals surface area contributed by atoms with Crippen LogP contribution < -0.4 is 0 Å². The topological polar surface area (TPSA) is 26.3 Å². The minimum absolute atomic E-state index is 0.117. The van der Waals surface area contributed by atoms with Crippen LogP contribution in [-0.2, 0) is 9.53 Å². The van der Waals surface area contributed by atoms with Gasteiger partial charge in [-0.05, 0) is 6.42 Å². The van der Waals surface area contributed by atoms with Crippen LogP contribution >= 0.6 is 23.2 Å². The summed E-state index contributed by atoms with van der Waals surface area (Å²) in [7, 11) is -0.301. The van der Waals surface area contributed by atoms with E-state index < -0.39 is 0 Å². The van der Waals surface area contributed by atoms with Crippen molar-refractivity contribution < 1.29 is 9.53 Å². The Morgan fingerprint density at radius 3 is 2.71 bits per heavy atom. The van der Waals surface area contributed by atoms with E-state index in [2.05, 4.69) is 6.58 Å². The van der Waals surface area contributed by atoms with E-state index in [1.54, 1.807) is 0 Å². The van der Waals surface area contributed by atoms with Crippen molar-refractivity contribution in [3.8, 4) is 0 Å². The predicted molar refractivity (Wildman–Crippen MR) is 63.9 cm³/mol. The van der Waals surface area contributed by atoms with Crippen molar-refractivity contribution in [3.63, 3.8) is 0 Å². The summed E-state index contributed by atoms with van der Waals surface area (Å²) in [5.74, 6) is -0.346. The Morgan fingerprint density at radius 2 is 2.14 bits per heavy atom. The third-order valence-electron chi connectivity index (χ3n) is 1.73. The van der Waals surface area contributed by atoms with Gasteiger partial charge in [0.25, 0.3) is 0 Å². The highest BCUT2D eigenvalue weighted by Crippen LogP contribution is 2.06. The first kappa shape index (κ1) is 14.0. The highest BCUT2D eigenvalue weighted by atomic mass is 35.5. The quantitative estimate of drug-likeness (QED) is 0.218. The fourth-order valence-electron chi connectivity index (χ4n) is 0.986. The summed E-state index contributed by atoms with van der Waals surface area (Å²) in [6.07, 6.45) is 4.29. The number of unbranched alkanes of at least 4 members (excludes halogenated alkanes) is 2. The number of hydrogen-bond donors (Lipinski definition) is 0. The fraction of sp³-hybridized carbons (Fsp3) is 0.667. The SMILES string of the molecule is C=CC(=O)OCCCCC[SiH2]C(Cl)Cl. The van der Waals surface area contributed by atoms with Gasteiger partial charge in [-0.15, -0.1) is 23.2 Å². The molecule has 0 radical (unpaired) electrons. The van der Waals surface area contributed by atoms with Gasteiger partial charge in [0, 0.05) is 6.08 Å². The predicted octanol–water partition coefficient (Wildman–Crippen LogP) is 2.23. The maximum Gasteiger partial charge on any atom is 0.330 e. The van der Waals surface area contributed by atoms with Crippen LogP contribution in [-0.4, -0.2) is 26.6 Å². The maximum absolute atomic E-state index is 10.6. The second-order valence-electron chi connectivity index (χ2n) is 2.97. The van der Waals surface area contributed by atoms with E-state index in [0.717, 1.165) is 25.3 Å². The molecule has 0 N–H and O–H groups in total. The summed E-state index contributed by atoms with van der Waals surface area (Å²) in [6, 6.07) is 1.16. The Morgan fingerprint density at radius 1 is 1.43 bits per heavy atom. The van der Waals surface area contributed by atoms with Gasteiger partial charge in [0.15, 0.2) is 0 Å². The first-order valence-corrected chi connectivity index (χ1v) is 7.43. The first-order chi connectivity index (χ1) is 6.66. The molecule has 0 rings (SSSR count). The third kappa shape index (κ3) is 10.1. The average molecular weight is 255 g/mol. The molecule has 0 bridgehead atoms. The van der Waals surface area contributed by atoms with E-state index >= 15 is 0 Å². The molecule has 0 aliphatic carbocycles. The Hall–Kier alpha value is 0.00688. The van der Waals surface area contributed by atoms with E-state index in [4.69, 9.17) is 27.9 Å². The molecule has 0 heterocycles. The van der Waals surface area contributed by atoms with Gasteiger partial charge in [0.1, 0.15) is 0 Å². The lowest BCUT2D eigenvalue weighted by molar-refractivity contribution is -0.137. The summed E-state index contributed by atoms with van der Waals surface area (Å²) in [5, 5.41) is 0. The van der Waals surface area contributed by atoms with Gasteiger partial charge in [-0.3, -0.25) is 0 Å². The molecule has 0 amide bonds. The van der Waals surface area contributed by atoms with Crippen LogP contribution in [0.15, 0.2) is 12.7 Å². The van der Waals surface area contributed by atoms with E-state index in [0.29, 0.717) is 6.61 Å². The van der Waals surface area contributed by atoms with Crippen LogP contribution in [0.25, 0.3) is 0 Å². The number of carbonyl (C=O) groups is 1. The molecule has 0 unspecified atom stereocenters. The lowest BCUT2D eigenvalue weighted by atomic mass is 10.3.